The Labute approximate surface area is 110 Å². The van der Waals surface area contributed by atoms with Gasteiger partial charge < -0.3 is 9.88 Å². The molecular weight excluding hydrogens is 220 g/mol. The minimum atomic E-state index is 1.14. The Bertz CT molecular complexity index is 499. The van der Waals surface area contributed by atoms with Gasteiger partial charge in [-0.05, 0) is 50.0 Å². The number of hydrogen-bond acceptors (Lipinski definition) is 1. The van der Waals surface area contributed by atoms with E-state index in [2.05, 4.69) is 55.1 Å². The van der Waals surface area contributed by atoms with Crippen molar-refractivity contribution in [3.63, 3.8) is 0 Å². The fraction of sp³-hybridized carbons (Fsp3) is 0.500. The maximum absolute atomic E-state index is 3.38. The molecular formula is C16H24N2. The lowest BCUT2D eigenvalue weighted by atomic mass is 10.1. The summed E-state index contributed by atoms with van der Waals surface area (Å²) in [4.78, 5) is 5.91. The summed E-state index contributed by atoms with van der Waals surface area (Å²) in [6.07, 6.45) is 4.55. The summed E-state index contributed by atoms with van der Waals surface area (Å²) < 4.78 is 0. The first-order chi connectivity index (χ1) is 8.76. The zero-order valence-electron chi connectivity index (χ0n) is 11.8. The topological polar surface area (TPSA) is 19.0 Å². The van der Waals surface area contributed by atoms with Gasteiger partial charge in [-0.1, -0.05) is 26.0 Å². The van der Waals surface area contributed by atoms with Gasteiger partial charge in [-0.15, -0.1) is 0 Å². The molecule has 1 N–H and O–H groups in total. The molecule has 0 aliphatic rings. The number of fused-ring (bicyclic) bond motifs is 1. The van der Waals surface area contributed by atoms with Gasteiger partial charge in [0, 0.05) is 23.6 Å². The predicted octanol–water partition coefficient (Wildman–Crippen LogP) is 3.75. The highest BCUT2D eigenvalue weighted by atomic mass is 15.1. The summed E-state index contributed by atoms with van der Waals surface area (Å²) in [6.45, 7) is 10.2. The molecule has 0 saturated heterocycles. The van der Waals surface area contributed by atoms with Crippen LogP contribution in [0.25, 0.3) is 10.9 Å². The van der Waals surface area contributed by atoms with Crippen LogP contribution in [-0.2, 0) is 6.42 Å². The molecule has 1 aromatic heterocycles. The Kier molecular flexibility index (Phi) is 4.43. The van der Waals surface area contributed by atoms with Crippen LogP contribution in [0.1, 0.15) is 31.4 Å². The van der Waals surface area contributed by atoms with Crippen LogP contribution in [0.15, 0.2) is 24.4 Å². The molecule has 0 unspecified atom stereocenters. The van der Waals surface area contributed by atoms with Gasteiger partial charge in [0.25, 0.3) is 0 Å². The summed E-state index contributed by atoms with van der Waals surface area (Å²) in [5.41, 5.74) is 4.10. The summed E-state index contributed by atoms with van der Waals surface area (Å²) in [6, 6.07) is 6.48. The van der Waals surface area contributed by atoms with Crippen molar-refractivity contribution < 1.29 is 0 Å². The fourth-order valence-electron chi connectivity index (χ4n) is 2.67. The molecule has 2 aromatic rings. The number of aromatic nitrogens is 1. The standard InChI is InChI=1S/C16H24N2/c1-4-10-18(5-2)11-9-14-12-17-15-8-6-7-13(3)16(14)15/h6-8,12,17H,4-5,9-11H2,1-3H3. The van der Waals surface area contributed by atoms with E-state index in [9.17, 15) is 0 Å². The number of H-pyrrole nitrogens is 1. The molecule has 0 radical (unpaired) electrons. The van der Waals surface area contributed by atoms with E-state index < -0.39 is 0 Å². The lowest BCUT2D eigenvalue weighted by molar-refractivity contribution is 0.293. The first kappa shape index (κ1) is 13.2. The Balaban J connectivity index is 2.12. The maximum atomic E-state index is 3.38. The predicted molar refractivity (Wildman–Crippen MR) is 79.1 cm³/mol. The third-order valence-corrected chi connectivity index (χ3v) is 3.68. The molecule has 0 amide bonds. The SMILES string of the molecule is CCCN(CC)CCc1c[nH]c2cccc(C)c12. The third-order valence-electron chi connectivity index (χ3n) is 3.68. The van der Waals surface area contributed by atoms with Crippen molar-refractivity contribution in [3.05, 3.63) is 35.5 Å². The number of likely N-dealkylation sites (N-methyl/N-ethyl adjacent to an activating group) is 1. The maximum Gasteiger partial charge on any atom is 0.0459 e. The number of aryl methyl sites for hydroxylation is 1. The first-order valence-electron chi connectivity index (χ1n) is 7.04. The van der Waals surface area contributed by atoms with Crippen molar-refractivity contribution in [1.29, 1.82) is 0 Å². The molecule has 0 aliphatic heterocycles. The molecule has 0 saturated carbocycles. The summed E-state index contributed by atoms with van der Waals surface area (Å²) in [7, 11) is 0. The van der Waals surface area contributed by atoms with Gasteiger partial charge in [0.15, 0.2) is 0 Å². The number of nitrogens with zero attached hydrogens (tertiary/aromatic N) is 1. The fourth-order valence-corrected chi connectivity index (χ4v) is 2.67. The quantitative estimate of drug-likeness (QED) is 0.820. The largest absolute Gasteiger partial charge is 0.361 e. The highest BCUT2D eigenvalue weighted by Gasteiger charge is 2.07. The summed E-state index contributed by atoms with van der Waals surface area (Å²) in [5.74, 6) is 0. The van der Waals surface area contributed by atoms with Gasteiger partial charge in [0.2, 0.25) is 0 Å². The van der Waals surface area contributed by atoms with Crippen molar-refractivity contribution in [2.24, 2.45) is 0 Å². The van der Waals surface area contributed by atoms with Gasteiger partial charge in [0.1, 0.15) is 0 Å². The molecule has 2 nitrogen and oxygen atoms in total. The van der Waals surface area contributed by atoms with E-state index in [-0.39, 0.29) is 0 Å². The molecule has 1 aromatic carbocycles. The van der Waals surface area contributed by atoms with Crippen molar-refractivity contribution in [3.8, 4) is 0 Å². The molecule has 0 aliphatic carbocycles. The molecule has 0 fully saturated rings. The van der Waals surface area contributed by atoms with Gasteiger partial charge in [-0.25, -0.2) is 0 Å². The second-order valence-electron chi connectivity index (χ2n) is 5.00. The Morgan fingerprint density at radius 3 is 2.72 bits per heavy atom. The monoisotopic (exact) mass is 244 g/mol. The van der Waals surface area contributed by atoms with Crippen LogP contribution in [0.3, 0.4) is 0 Å². The Morgan fingerprint density at radius 2 is 2.00 bits per heavy atom. The van der Waals surface area contributed by atoms with E-state index in [1.807, 2.05) is 0 Å². The van der Waals surface area contributed by atoms with Crippen molar-refractivity contribution in [2.45, 2.75) is 33.6 Å². The van der Waals surface area contributed by atoms with Gasteiger partial charge in [0.05, 0.1) is 0 Å². The first-order valence-corrected chi connectivity index (χ1v) is 7.04. The lowest BCUT2D eigenvalue weighted by Crippen LogP contribution is -2.26. The number of hydrogen-bond donors (Lipinski definition) is 1. The molecule has 0 spiro atoms. The smallest absolute Gasteiger partial charge is 0.0459 e. The summed E-state index contributed by atoms with van der Waals surface area (Å²) >= 11 is 0. The van der Waals surface area contributed by atoms with Gasteiger partial charge >= 0.3 is 0 Å². The molecule has 18 heavy (non-hydrogen) atoms. The molecule has 0 atom stereocenters. The van der Waals surface area contributed by atoms with Gasteiger partial charge in [-0.2, -0.15) is 0 Å². The van der Waals surface area contributed by atoms with Gasteiger partial charge in [-0.3, -0.25) is 0 Å². The second-order valence-corrected chi connectivity index (χ2v) is 5.00. The summed E-state index contributed by atoms with van der Waals surface area (Å²) in [5, 5.41) is 1.42. The van der Waals surface area contributed by atoms with Crippen LogP contribution in [0, 0.1) is 6.92 Å². The third kappa shape index (κ3) is 2.75. The molecule has 2 rings (SSSR count). The van der Waals surface area contributed by atoms with E-state index in [1.54, 1.807) is 0 Å². The number of aromatic amines is 1. The number of rotatable bonds is 6. The van der Waals surface area contributed by atoms with Crippen LogP contribution >= 0.6 is 0 Å². The van der Waals surface area contributed by atoms with E-state index in [1.165, 1.54) is 35.0 Å². The second kappa shape index (κ2) is 6.05. The normalized spacial score (nSPS) is 11.6. The zero-order valence-corrected chi connectivity index (χ0v) is 11.8. The molecule has 98 valence electrons. The van der Waals surface area contributed by atoms with Crippen LogP contribution in [0.4, 0.5) is 0 Å². The molecule has 0 bridgehead atoms. The van der Waals surface area contributed by atoms with E-state index in [0.717, 1.165) is 19.5 Å². The molecule has 2 heteroatoms. The zero-order chi connectivity index (χ0) is 13.0. The Hall–Kier alpha value is -1.28. The minimum Gasteiger partial charge on any atom is -0.361 e. The van der Waals surface area contributed by atoms with Crippen LogP contribution in [-0.4, -0.2) is 29.5 Å². The highest BCUT2D eigenvalue weighted by Crippen LogP contribution is 2.22. The minimum absolute atomic E-state index is 1.14. The van der Waals surface area contributed by atoms with Crippen LogP contribution < -0.4 is 0 Å². The number of benzene rings is 1. The molecule has 1 heterocycles. The Morgan fingerprint density at radius 1 is 1.17 bits per heavy atom. The van der Waals surface area contributed by atoms with Crippen LogP contribution in [0.2, 0.25) is 0 Å². The van der Waals surface area contributed by atoms with E-state index in [0.29, 0.717) is 0 Å². The van der Waals surface area contributed by atoms with Crippen LogP contribution in [0.5, 0.6) is 0 Å². The number of nitrogens with one attached hydrogen (secondary N) is 1. The average molecular weight is 244 g/mol. The van der Waals surface area contributed by atoms with E-state index in [4.69, 9.17) is 0 Å². The lowest BCUT2D eigenvalue weighted by Gasteiger charge is -2.19. The highest BCUT2D eigenvalue weighted by molar-refractivity contribution is 5.86. The average Bonchev–Trinajstić information content (AvgIpc) is 2.79. The van der Waals surface area contributed by atoms with E-state index >= 15 is 0 Å². The van der Waals surface area contributed by atoms with Crippen molar-refractivity contribution >= 4 is 10.9 Å². The van der Waals surface area contributed by atoms with Crippen molar-refractivity contribution in [2.75, 3.05) is 19.6 Å². The van der Waals surface area contributed by atoms with Crippen molar-refractivity contribution in [1.82, 2.24) is 9.88 Å².